The first-order chi connectivity index (χ1) is 12.1. The van der Waals surface area contributed by atoms with Crippen molar-refractivity contribution in [2.45, 2.75) is 36.5 Å². The summed E-state index contributed by atoms with van der Waals surface area (Å²) in [5.74, 6) is -20.4. The van der Waals surface area contributed by atoms with Crippen LogP contribution in [0.5, 0.6) is 0 Å². The molecule has 0 aliphatic carbocycles. The van der Waals surface area contributed by atoms with Crippen LogP contribution in [0.3, 0.4) is 0 Å². The Hall–Kier alpha value is -1.98. The number of hydrogen-bond donors (Lipinski definition) is 0. The molecule has 27 heavy (non-hydrogen) atoms. The second-order valence-corrected chi connectivity index (χ2v) is 5.40. The van der Waals surface area contributed by atoms with E-state index in [2.05, 4.69) is 9.47 Å². The minimum absolute atomic E-state index is 0.201. The molecule has 1 unspecified atom stereocenters. The van der Waals surface area contributed by atoms with Gasteiger partial charge in [-0.3, -0.25) is 0 Å². The molecule has 0 bridgehead atoms. The van der Waals surface area contributed by atoms with E-state index in [-0.39, 0.29) is 11.1 Å². The lowest BCUT2D eigenvalue weighted by Crippen LogP contribution is -2.61. The monoisotopic (exact) mass is 412 g/mol. The highest BCUT2D eigenvalue weighted by Gasteiger charge is 2.81. The standard InChI is InChI=1S/C15H13F9O3/c1-26-10(8-4-3-5-9(6-8)11(25)27-2)7-12(16,17)13(18,19)14(20,21)15(22,23)24/h3-6,10H,7H2,1-2H3. The molecule has 0 aliphatic heterocycles. The second kappa shape index (κ2) is 7.56. The van der Waals surface area contributed by atoms with E-state index < -0.39 is 42.4 Å². The molecule has 0 saturated carbocycles. The van der Waals surface area contributed by atoms with Gasteiger partial charge in [0.15, 0.2) is 0 Å². The van der Waals surface area contributed by atoms with Gasteiger partial charge < -0.3 is 9.47 Å². The number of ether oxygens (including phenoxy) is 2. The Morgan fingerprint density at radius 3 is 1.96 bits per heavy atom. The Kier molecular flexibility index (Phi) is 6.46. The lowest BCUT2D eigenvalue weighted by molar-refractivity contribution is -0.398. The summed E-state index contributed by atoms with van der Waals surface area (Å²) >= 11 is 0. The van der Waals surface area contributed by atoms with Crippen molar-refractivity contribution < 1.29 is 53.8 Å². The van der Waals surface area contributed by atoms with Crippen LogP contribution in [0.15, 0.2) is 24.3 Å². The van der Waals surface area contributed by atoms with Crippen molar-refractivity contribution in [2.75, 3.05) is 14.2 Å². The summed E-state index contributed by atoms with van der Waals surface area (Å²) in [5.41, 5.74) is -0.529. The predicted molar refractivity (Wildman–Crippen MR) is 73.0 cm³/mol. The Morgan fingerprint density at radius 1 is 0.963 bits per heavy atom. The first kappa shape index (κ1) is 23.1. The molecule has 0 N–H and O–H groups in total. The fraction of sp³-hybridized carbons (Fsp3) is 0.533. The summed E-state index contributed by atoms with van der Waals surface area (Å²) in [6, 6.07) is 4.24. The molecule has 1 atom stereocenters. The van der Waals surface area contributed by atoms with Gasteiger partial charge in [0.2, 0.25) is 0 Å². The van der Waals surface area contributed by atoms with Gasteiger partial charge in [0, 0.05) is 13.5 Å². The van der Waals surface area contributed by atoms with Crippen LogP contribution in [0.4, 0.5) is 39.5 Å². The zero-order valence-corrected chi connectivity index (χ0v) is 13.7. The van der Waals surface area contributed by atoms with Crippen LogP contribution in [0.25, 0.3) is 0 Å². The molecule has 12 heteroatoms. The summed E-state index contributed by atoms with van der Waals surface area (Å²) in [7, 11) is 1.75. The third kappa shape index (κ3) is 4.30. The molecule has 154 valence electrons. The lowest BCUT2D eigenvalue weighted by atomic mass is 9.94. The molecule has 0 amide bonds. The van der Waals surface area contributed by atoms with E-state index in [4.69, 9.17) is 0 Å². The number of alkyl halides is 9. The molecule has 1 rings (SSSR count). The largest absolute Gasteiger partial charge is 0.465 e. The van der Waals surface area contributed by atoms with E-state index in [9.17, 15) is 44.3 Å². The van der Waals surface area contributed by atoms with Crippen LogP contribution in [0, 0.1) is 0 Å². The molecule has 1 aromatic carbocycles. The quantitative estimate of drug-likeness (QED) is 0.466. The Balaban J connectivity index is 3.24. The van der Waals surface area contributed by atoms with Crippen molar-refractivity contribution in [2.24, 2.45) is 0 Å². The molecule has 1 aromatic rings. The minimum Gasteiger partial charge on any atom is -0.465 e. The van der Waals surface area contributed by atoms with E-state index in [0.717, 1.165) is 32.4 Å². The van der Waals surface area contributed by atoms with Crippen LogP contribution in [-0.4, -0.2) is 44.1 Å². The highest BCUT2D eigenvalue weighted by Crippen LogP contribution is 2.55. The van der Waals surface area contributed by atoms with Gasteiger partial charge in [-0.1, -0.05) is 12.1 Å². The number of methoxy groups -OCH3 is 2. The molecule has 0 fully saturated rings. The summed E-state index contributed by atoms with van der Waals surface area (Å²) < 4.78 is 126. The predicted octanol–water partition coefficient (Wildman–Crippen LogP) is 5.02. The van der Waals surface area contributed by atoms with Crippen LogP contribution in [0.2, 0.25) is 0 Å². The summed E-state index contributed by atoms with van der Waals surface area (Å²) in [6.07, 6.45) is -11.1. The second-order valence-electron chi connectivity index (χ2n) is 5.40. The molecule has 0 aromatic heterocycles. The highest BCUT2D eigenvalue weighted by atomic mass is 19.4. The zero-order valence-electron chi connectivity index (χ0n) is 13.7. The number of esters is 1. The zero-order chi connectivity index (χ0) is 21.3. The van der Waals surface area contributed by atoms with Crippen molar-refractivity contribution in [1.82, 2.24) is 0 Å². The van der Waals surface area contributed by atoms with E-state index in [1.807, 2.05) is 0 Å². The first-order valence-corrected chi connectivity index (χ1v) is 7.03. The maximum Gasteiger partial charge on any atom is 0.460 e. The number of carbonyl (C=O) groups is 1. The number of rotatable bonds is 7. The van der Waals surface area contributed by atoms with Crippen LogP contribution >= 0.6 is 0 Å². The molecule has 0 spiro atoms. The van der Waals surface area contributed by atoms with E-state index in [1.54, 1.807) is 0 Å². The van der Waals surface area contributed by atoms with Gasteiger partial charge in [-0.2, -0.15) is 39.5 Å². The molecule has 0 radical (unpaired) electrons. The third-order valence-electron chi connectivity index (χ3n) is 3.62. The van der Waals surface area contributed by atoms with E-state index in [0.29, 0.717) is 0 Å². The average molecular weight is 412 g/mol. The molecule has 0 saturated heterocycles. The smallest absolute Gasteiger partial charge is 0.460 e. The van der Waals surface area contributed by atoms with E-state index in [1.165, 1.54) is 6.07 Å². The highest BCUT2D eigenvalue weighted by molar-refractivity contribution is 5.89. The van der Waals surface area contributed by atoms with Gasteiger partial charge in [0.25, 0.3) is 0 Å². The Labute approximate surface area is 147 Å². The summed E-state index contributed by atoms with van der Waals surface area (Å²) in [5, 5.41) is 0. The molecular formula is C15H13F9O3. The Bertz CT molecular complexity index is 671. The third-order valence-corrected chi connectivity index (χ3v) is 3.62. The molecule has 3 nitrogen and oxygen atoms in total. The normalized spacial score (nSPS) is 14.8. The fourth-order valence-electron chi connectivity index (χ4n) is 2.09. The average Bonchev–Trinajstić information content (AvgIpc) is 2.57. The van der Waals surface area contributed by atoms with Gasteiger partial charge in [-0.15, -0.1) is 0 Å². The maximum atomic E-state index is 13.8. The van der Waals surface area contributed by atoms with Gasteiger partial charge in [-0.25, -0.2) is 4.79 Å². The maximum absolute atomic E-state index is 13.8. The van der Waals surface area contributed by atoms with Crippen molar-refractivity contribution in [3.8, 4) is 0 Å². The minimum atomic E-state index is -6.98. The number of benzene rings is 1. The van der Waals surface area contributed by atoms with Gasteiger partial charge in [0.1, 0.15) is 0 Å². The summed E-state index contributed by atoms with van der Waals surface area (Å²) in [4.78, 5) is 11.4. The van der Waals surface area contributed by atoms with Crippen molar-refractivity contribution >= 4 is 5.97 Å². The van der Waals surface area contributed by atoms with Gasteiger partial charge >= 0.3 is 29.9 Å². The molecule has 0 aliphatic rings. The van der Waals surface area contributed by atoms with Gasteiger partial charge in [0.05, 0.1) is 18.8 Å². The molecular weight excluding hydrogens is 399 g/mol. The molecule has 0 heterocycles. The number of hydrogen-bond acceptors (Lipinski definition) is 3. The first-order valence-electron chi connectivity index (χ1n) is 7.03. The summed E-state index contributed by atoms with van der Waals surface area (Å²) in [6.45, 7) is 0. The van der Waals surface area contributed by atoms with Crippen molar-refractivity contribution in [1.29, 1.82) is 0 Å². The van der Waals surface area contributed by atoms with Crippen LogP contribution < -0.4 is 0 Å². The van der Waals surface area contributed by atoms with Crippen molar-refractivity contribution in [3.05, 3.63) is 35.4 Å². The number of carbonyl (C=O) groups excluding carboxylic acids is 1. The number of halogens is 9. The topological polar surface area (TPSA) is 35.5 Å². The van der Waals surface area contributed by atoms with Gasteiger partial charge in [-0.05, 0) is 17.7 Å². The van der Waals surface area contributed by atoms with E-state index >= 15 is 0 Å². The van der Waals surface area contributed by atoms with Crippen LogP contribution in [0.1, 0.15) is 28.4 Å². The lowest BCUT2D eigenvalue weighted by Gasteiger charge is -2.35. The Morgan fingerprint density at radius 2 is 1.52 bits per heavy atom. The SMILES string of the molecule is COC(=O)c1cccc(C(CC(F)(F)C(F)(F)C(F)(F)C(F)(F)F)OC)c1. The van der Waals surface area contributed by atoms with Crippen LogP contribution in [-0.2, 0) is 9.47 Å². The van der Waals surface area contributed by atoms with Crippen molar-refractivity contribution in [3.63, 3.8) is 0 Å². The fourth-order valence-corrected chi connectivity index (χ4v) is 2.09.